The molecular formula is C24H29N3O4. The van der Waals surface area contributed by atoms with Crippen molar-refractivity contribution in [3.63, 3.8) is 0 Å². The zero-order valence-corrected chi connectivity index (χ0v) is 18.3. The maximum Gasteiger partial charge on any atom is 0.263 e. The maximum absolute atomic E-state index is 13.1. The number of H-pyrrole nitrogens is 1. The number of fused-ring (bicyclic) bond motifs is 1. The second kappa shape index (κ2) is 8.98. The first-order chi connectivity index (χ1) is 15.0. The molecule has 1 fully saturated rings. The smallest absolute Gasteiger partial charge is 0.263 e. The molecule has 1 aromatic carbocycles. The van der Waals surface area contributed by atoms with Crippen LogP contribution < -0.4 is 15.6 Å². The van der Waals surface area contributed by atoms with Crippen molar-refractivity contribution in [2.45, 2.75) is 45.8 Å². The van der Waals surface area contributed by atoms with E-state index in [9.17, 15) is 9.59 Å². The number of ether oxygens (including phenoxy) is 2. The standard InChI is InChI=1S/C24H29N3O4/c1-15-11-16(2)27(14-19-5-4-10-31-19)24(29)22(15)23(28)25-9-8-17-13-26-21-7-6-18(30-3)12-20(17)21/h6-7,11-13,19,26H,4-5,8-10,14H2,1-3H3,(H,25,28)/t19-/m0/s1. The number of nitrogens with zero attached hydrogens (tertiary/aromatic N) is 1. The molecule has 0 saturated carbocycles. The molecule has 1 saturated heterocycles. The third-order valence-corrected chi connectivity index (χ3v) is 6.00. The van der Waals surface area contributed by atoms with Crippen LogP contribution in [0.4, 0.5) is 0 Å². The fraction of sp³-hybridized carbons (Fsp3) is 0.417. The molecule has 0 unspecified atom stereocenters. The Morgan fingerprint density at radius 3 is 2.90 bits per heavy atom. The fourth-order valence-electron chi connectivity index (χ4n) is 4.31. The summed E-state index contributed by atoms with van der Waals surface area (Å²) >= 11 is 0. The van der Waals surface area contributed by atoms with Gasteiger partial charge in [0, 0.05) is 35.9 Å². The molecule has 31 heavy (non-hydrogen) atoms. The summed E-state index contributed by atoms with van der Waals surface area (Å²) < 4.78 is 12.7. The highest BCUT2D eigenvalue weighted by Crippen LogP contribution is 2.23. The van der Waals surface area contributed by atoms with Crippen LogP contribution in [0.1, 0.15) is 40.0 Å². The van der Waals surface area contributed by atoms with E-state index in [4.69, 9.17) is 9.47 Å². The van der Waals surface area contributed by atoms with E-state index in [1.807, 2.05) is 44.3 Å². The van der Waals surface area contributed by atoms with Crippen LogP contribution in [0, 0.1) is 13.8 Å². The molecule has 4 rings (SSSR count). The van der Waals surface area contributed by atoms with Crippen LogP contribution in [0.5, 0.6) is 5.75 Å². The third kappa shape index (κ3) is 4.37. The van der Waals surface area contributed by atoms with E-state index in [2.05, 4.69) is 10.3 Å². The quantitative estimate of drug-likeness (QED) is 0.612. The lowest BCUT2D eigenvalue weighted by Crippen LogP contribution is -2.37. The van der Waals surface area contributed by atoms with E-state index < -0.39 is 0 Å². The van der Waals surface area contributed by atoms with Gasteiger partial charge in [-0.25, -0.2) is 0 Å². The minimum Gasteiger partial charge on any atom is -0.497 e. The van der Waals surface area contributed by atoms with Gasteiger partial charge in [0.05, 0.1) is 19.8 Å². The van der Waals surface area contributed by atoms with Crippen LogP contribution in [0.15, 0.2) is 35.3 Å². The number of aromatic amines is 1. The van der Waals surface area contributed by atoms with Gasteiger partial charge in [0.15, 0.2) is 0 Å². The molecule has 1 atom stereocenters. The van der Waals surface area contributed by atoms with Crippen molar-refractivity contribution in [3.8, 4) is 5.75 Å². The molecule has 2 aromatic heterocycles. The minimum absolute atomic E-state index is 0.0360. The average molecular weight is 424 g/mol. The fourth-order valence-corrected chi connectivity index (χ4v) is 4.31. The molecule has 164 valence electrons. The molecule has 0 spiro atoms. The Morgan fingerprint density at radius 1 is 1.32 bits per heavy atom. The monoisotopic (exact) mass is 423 g/mol. The molecule has 2 N–H and O–H groups in total. The lowest BCUT2D eigenvalue weighted by atomic mass is 10.1. The van der Waals surface area contributed by atoms with Gasteiger partial charge in [-0.2, -0.15) is 0 Å². The number of rotatable bonds is 7. The number of amides is 1. The van der Waals surface area contributed by atoms with E-state index in [-0.39, 0.29) is 23.1 Å². The summed E-state index contributed by atoms with van der Waals surface area (Å²) in [5.74, 6) is 0.459. The second-order valence-electron chi connectivity index (χ2n) is 8.13. The normalized spacial score (nSPS) is 16.0. The number of aryl methyl sites for hydroxylation is 2. The first kappa shape index (κ1) is 21.2. The predicted octanol–water partition coefficient (Wildman–Crippen LogP) is 3.11. The number of carbonyl (C=O) groups excluding carboxylic acids is 1. The van der Waals surface area contributed by atoms with Crippen molar-refractivity contribution in [1.82, 2.24) is 14.9 Å². The lowest BCUT2D eigenvalue weighted by Gasteiger charge is -2.17. The SMILES string of the molecule is COc1ccc2[nH]cc(CCNC(=O)c3c(C)cc(C)n(C[C@@H]4CCCO4)c3=O)c2c1. The van der Waals surface area contributed by atoms with Crippen LogP contribution in [-0.4, -0.2) is 41.8 Å². The van der Waals surface area contributed by atoms with Crippen molar-refractivity contribution in [2.75, 3.05) is 20.3 Å². The van der Waals surface area contributed by atoms with Crippen LogP contribution in [0.3, 0.4) is 0 Å². The Balaban J connectivity index is 1.48. The van der Waals surface area contributed by atoms with Crippen LogP contribution in [0.2, 0.25) is 0 Å². The molecule has 3 aromatic rings. The summed E-state index contributed by atoms with van der Waals surface area (Å²) in [6, 6.07) is 7.77. The molecular weight excluding hydrogens is 394 g/mol. The summed E-state index contributed by atoms with van der Waals surface area (Å²) in [6.45, 7) is 5.36. The Kier molecular flexibility index (Phi) is 6.13. The third-order valence-electron chi connectivity index (χ3n) is 6.00. The van der Waals surface area contributed by atoms with Crippen molar-refractivity contribution >= 4 is 16.8 Å². The van der Waals surface area contributed by atoms with Gasteiger partial charge in [-0.15, -0.1) is 0 Å². The number of methoxy groups -OCH3 is 1. The van der Waals surface area contributed by atoms with E-state index in [1.54, 1.807) is 11.7 Å². The summed E-state index contributed by atoms with van der Waals surface area (Å²) in [7, 11) is 1.64. The van der Waals surface area contributed by atoms with Gasteiger partial charge in [-0.1, -0.05) is 0 Å². The van der Waals surface area contributed by atoms with Crippen LogP contribution in [0.25, 0.3) is 10.9 Å². The summed E-state index contributed by atoms with van der Waals surface area (Å²) in [4.78, 5) is 29.2. The zero-order valence-electron chi connectivity index (χ0n) is 18.3. The molecule has 7 heteroatoms. The van der Waals surface area contributed by atoms with Crippen molar-refractivity contribution in [2.24, 2.45) is 0 Å². The first-order valence-corrected chi connectivity index (χ1v) is 10.7. The van der Waals surface area contributed by atoms with Gasteiger partial charge < -0.3 is 24.3 Å². The van der Waals surface area contributed by atoms with Gasteiger partial charge in [-0.05, 0) is 68.5 Å². The van der Waals surface area contributed by atoms with E-state index >= 15 is 0 Å². The molecule has 0 aliphatic carbocycles. The van der Waals surface area contributed by atoms with E-state index in [0.29, 0.717) is 25.1 Å². The highest BCUT2D eigenvalue weighted by Gasteiger charge is 2.21. The number of benzene rings is 1. The van der Waals surface area contributed by atoms with Gasteiger partial charge in [0.1, 0.15) is 11.3 Å². The summed E-state index contributed by atoms with van der Waals surface area (Å²) in [5.41, 5.74) is 3.62. The van der Waals surface area contributed by atoms with Gasteiger partial charge in [-0.3, -0.25) is 9.59 Å². The minimum atomic E-state index is -0.332. The topological polar surface area (TPSA) is 85.3 Å². The predicted molar refractivity (Wildman–Crippen MR) is 120 cm³/mol. The molecule has 7 nitrogen and oxygen atoms in total. The van der Waals surface area contributed by atoms with Gasteiger partial charge in [0.2, 0.25) is 0 Å². The first-order valence-electron chi connectivity index (χ1n) is 10.7. The summed E-state index contributed by atoms with van der Waals surface area (Å²) in [6.07, 6.45) is 4.58. The van der Waals surface area contributed by atoms with Crippen molar-refractivity contribution < 1.29 is 14.3 Å². The second-order valence-corrected chi connectivity index (χ2v) is 8.13. The number of carbonyl (C=O) groups is 1. The molecule has 0 radical (unpaired) electrons. The van der Waals surface area contributed by atoms with Gasteiger partial charge in [0.25, 0.3) is 11.5 Å². The number of nitrogens with one attached hydrogen (secondary N) is 2. The van der Waals surface area contributed by atoms with Crippen molar-refractivity contribution in [1.29, 1.82) is 0 Å². The molecule has 3 heterocycles. The van der Waals surface area contributed by atoms with Gasteiger partial charge >= 0.3 is 0 Å². The number of aromatic nitrogens is 2. The Bertz CT molecular complexity index is 1160. The number of pyridine rings is 1. The lowest BCUT2D eigenvalue weighted by molar-refractivity contribution is 0.0927. The molecule has 1 aliphatic heterocycles. The number of hydrogen-bond donors (Lipinski definition) is 2. The largest absolute Gasteiger partial charge is 0.497 e. The highest BCUT2D eigenvalue weighted by atomic mass is 16.5. The maximum atomic E-state index is 13.1. The molecule has 1 aliphatic rings. The van der Waals surface area contributed by atoms with Crippen molar-refractivity contribution in [3.05, 3.63) is 63.2 Å². The van der Waals surface area contributed by atoms with E-state index in [1.165, 1.54) is 0 Å². The molecule has 1 amide bonds. The Morgan fingerprint density at radius 2 is 2.16 bits per heavy atom. The summed E-state index contributed by atoms with van der Waals surface area (Å²) in [5, 5.41) is 3.99. The Labute approximate surface area is 181 Å². The van der Waals surface area contributed by atoms with Crippen LogP contribution >= 0.6 is 0 Å². The Hall–Kier alpha value is -3.06. The average Bonchev–Trinajstić information content (AvgIpc) is 3.40. The molecule has 0 bridgehead atoms. The van der Waals surface area contributed by atoms with Crippen LogP contribution in [-0.2, 0) is 17.7 Å². The number of hydrogen-bond acceptors (Lipinski definition) is 4. The zero-order chi connectivity index (χ0) is 22.0. The van der Waals surface area contributed by atoms with E-state index in [0.717, 1.165) is 47.4 Å². The highest BCUT2D eigenvalue weighted by molar-refractivity contribution is 5.95.